The lowest BCUT2D eigenvalue weighted by atomic mass is 10.2. The van der Waals surface area contributed by atoms with Crippen LogP contribution >= 0.6 is 15.9 Å². The van der Waals surface area contributed by atoms with Crippen LogP contribution in [0, 0.1) is 0 Å². The van der Waals surface area contributed by atoms with E-state index in [1.165, 1.54) is 0 Å². The summed E-state index contributed by atoms with van der Waals surface area (Å²) >= 11 is 3.39. The lowest BCUT2D eigenvalue weighted by Crippen LogP contribution is -2.38. The molecule has 0 radical (unpaired) electrons. The van der Waals surface area contributed by atoms with Crippen LogP contribution in [0.4, 0.5) is 4.79 Å². The smallest absolute Gasteiger partial charge is 0.315 e. The first-order valence-corrected chi connectivity index (χ1v) is 7.98. The van der Waals surface area contributed by atoms with E-state index < -0.39 is 0 Å². The molecule has 5 nitrogen and oxygen atoms in total. The number of benzene rings is 1. The normalized spacial score (nSPS) is 14.0. The van der Waals surface area contributed by atoms with Crippen LogP contribution in [0.25, 0.3) is 0 Å². The molecule has 114 valence electrons. The lowest BCUT2D eigenvalue weighted by Gasteiger charge is -2.15. The molecule has 0 unspecified atom stereocenters. The summed E-state index contributed by atoms with van der Waals surface area (Å²) in [4.78, 5) is 25.3. The molecule has 1 aromatic carbocycles. The number of urea groups is 1. The number of halogens is 1. The van der Waals surface area contributed by atoms with Gasteiger partial charge < -0.3 is 15.5 Å². The van der Waals surface area contributed by atoms with Gasteiger partial charge in [0.2, 0.25) is 5.91 Å². The van der Waals surface area contributed by atoms with Gasteiger partial charge in [-0.3, -0.25) is 4.79 Å². The maximum absolute atomic E-state index is 11.8. The Hall–Kier alpha value is -1.56. The van der Waals surface area contributed by atoms with Crippen LogP contribution in [0.1, 0.15) is 24.8 Å². The number of hydrogen-bond donors (Lipinski definition) is 2. The quantitative estimate of drug-likeness (QED) is 0.852. The Bertz CT molecular complexity index is 501. The Kier molecular flexibility index (Phi) is 6.04. The highest BCUT2D eigenvalue weighted by Crippen LogP contribution is 2.11. The maximum Gasteiger partial charge on any atom is 0.315 e. The minimum atomic E-state index is -0.246. The number of rotatable bonds is 5. The summed E-state index contributed by atoms with van der Waals surface area (Å²) in [6.07, 6.45) is 2.54. The molecule has 0 atom stereocenters. The molecule has 0 aromatic heterocycles. The van der Waals surface area contributed by atoms with Gasteiger partial charge in [-0.25, -0.2) is 4.79 Å². The van der Waals surface area contributed by atoms with Crippen molar-refractivity contribution >= 4 is 27.9 Å². The molecule has 1 heterocycles. The van der Waals surface area contributed by atoms with E-state index in [1.54, 1.807) is 0 Å². The fourth-order valence-corrected chi connectivity index (χ4v) is 2.75. The predicted molar refractivity (Wildman–Crippen MR) is 84.8 cm³/mol. The standard InChI is InChI=1S/C15H20BrN3O2/c16-13-5-3-4-12(10-13)11-18-15(21)17-7-6-14(20)19-8-1-2-9-19/h3-5,10H,1-2,6-9,11H2,(H2,17,18,21). The Morgan fingerprint density at radius 3 is 2.67 bits per heavy atom. The monoisotopic (exact) mass is 353 g/mol. The summed E-state index contributed by atoms with van der Waals surface area (Å²) in [5.74, 6) is 0.125. The Morgan fingerprint density at radius 2 is 1.95 bits per heavy atom. The summed E-state index contributed by atoms with van der Waals surface area (Å²) in [7, 11) is 0. The third-order valence-corrected chi connectivity index (χ3v) is 3.92. The average molecular weight is 354 g/mol. The van der Waals surface area contributed by atoms with E-state index in [9.17, 15) is 9.59 Å². The zero-order valence-electron chi connectivity index (χ0n) is 11.9. The first-order chi connectivity index (χ1) is 10.1. The van der Waals surface area contributed by atoms with Crippen molar-refractivity contribution < 1.29 is 9.59 Å². The molecular formula is C15H20BrN3O2. The number of amides is 3. The van der Waals surface area contributed by atoms with Crippen LogP contribution in [0.5, 0.6) is 0 Å². The fraction of sp³-hybridized carbons (Fsp3) is 0.467. The average Bonchev–Trinajstić information content (AvgIpc) is 2.99. The molecule has 2 rings (SSSR count). The molecule has 6 heteroatoms. The lowest BCUT2D eigenvalue weighted by molar-refractivity contribution is -0.129. The van der Waals surface area contributed by atoms with Gasteiger partial charge in [0.1, 0.15) is 0 Å². The molecule has 0 aliphatic carbocycles. The van der Waals surface area contributed by atoms with Crippen LogP contribution in [0.2, 0.25) is 0 Å². The van der Waals surface area contributed by atoms with Crippen LogP contribution in [0.3, 0.4) is 0 Å². The van der Waals surface area contributed by atoms with Gasteiger partial charge in [0.15, 0.2) is 0 Å². The van der Waals surface area contributed by atoms with Gasteiger partial charge in [0.25, 0.3) is 0 Å². The molecule has 0 spiro atoms. The SMILES string of the molecule is O=C(NCCC(=O)N1CCCC1)NCc1cccc(Br)c1. The third kappa shape index (κ3) is 5.38. The molecule has 1 aliphatic rings. The number of likely N-dealkylation sites (tertiary alicyclic amines) is 1. The van der Waals surface area contributed by atoms with Crippen LogP contribution < -0.4 is 10.6 Å². The Morgan fingerprint density at radius 1 is 1.19 bits per heavy atom. The van der Waals surface area contributed by atoms with E-state index in [2.05, 4.69) is 26.6 Å². The number of nitrogens with one attached hydrogen (secondary N) is 2. The zero-order valence-corrected chi connectivity index (χ0v) is 13.5. The van der Waals surface area contributed by atoms with Gasteiger partial charge in [-0.2, -0.15) is 0 Å². The number of hydrogen-bond acceptors (Lipinski definition) is 2. The second-order valence-electron chi connectivity index (χ2n) is 5.08. The molecule has 1 aliphatic heterocycles. The van der Waals surface area contributed by atoms with E-state index in [0.717, 1.165) is 36.0 Å². The molecule has 1 saturated heterocycles. The highest BCUT2D eigenvalue weighted by atomic mass is 79.9. The zero-order chi connectivity index (χ0) is 15.1. The fourth-order valence-electron chi connectivity index (χ4n) is 2.30. The predicted octanol–water partition coefficient (Wildman–Crippen LogP) is 2.26. The van der Waals surface area contributed by atoms with E-state index in [-0.39, 0.29) is 11.9 Å². The first kappa shape index (κ1) is 15.8. The Labute approximate surface area is 133 Å². The van der Waals surface area contributed by atoms with Gasteiger partial charge in [0, 0.05) is 37.1 Å². The van der Waals surface area contributed by atoms with Gasteiger partial charge >= 0.3 is 6.03 Å². The summed E-state index contributed by atoms with van der Waals surface area (Å²) in [5.41, 5.74) is 1.02. The van der Waals surface area contributed by atoms with Crippen LogP contribution in [0.15, 0.2) is 28.7 Å². The molecule has 0 bridgehead atoms. The van der Waals surface area contributed by atoms with Crippen molar-refractivity contribution in [2.75, 3.05) is 19.6 Å². The topological polar surface area (TPSA) is 61.4 Å². The van der Waals surface area contributed by atoms with Gasteiger partial charge in [0.05, 0.1) is 0 Å². The minimum absolute atomic E-state index is 0.125. The van der Waals surface area contributed by atoms with Crippen molar-refractivity contribution in [1.29, 1.82) is 0 Å². The van der Waals surface area contributed by atoms with Gasteiger partial charge in [-0.1, -0.05) is 28.1 Å². The Balaban J connectivity index is 1.62. The molecule has 21 heavy (non-hydrogen) atoms. The van der Waals surface area contributed by atoms with Crippen LogP contribution in [-0.2, 0) is 11.3 Å². The molecule has 3 amide bonds. The second kappa shape index (κ2) is 8.02. The van der Waals surface area contributed by atoms with E-state index in [0.29, 0.717) is 19.5 Å². The first-order valence-electron chi connectivity index (χ1n) is 7.19. The number of nitrogens with zero attached hydrogens (tertiary/aromatic N) is 1. The van der Waals surface area contributed by atoms with Crippen molar-refractivity contribution in [3.63, 3.8) is 0 Å². The largest absolute Gasteiger partial charge is 0.343 e. The van der Waals surface area contributed by atoms with Crippen LogP contribution in [-0.4, -0.2) is 36.5 Å². The van der Waals surface area contributed by atoms with E-state index >= 15 is 0 Å². The third-order valence-electron chi connectivity index (χ3n) is 3.43. The van der Waals surface area contributed by atoms with E-state index in [4.69, 9.17) is 0 Å². The summed E-state index contributed by atoms with van der Waals surface area (Å²) < 4.78 is 0.985. The maximum atomic E-state index is 11.8. The molecule has 2 N–H and O–H groups in total. The van der Waals surface area contributed by atoms with Crippen molar-refractivity contribution in [2.45, 2.75) is 25.8 Å². The highest BCUT2D eigenvalue weighted by molar-refractivity contribution is 9.10. The second-order valence-corrected chi connectivity index (χ2v) is 5.99. The van der Waals surface area contributed by atoms with E-state index in [1.807, 2.05) is 29.2 Å². The summed E-state index contributed by atoms with van der Waals surface area (Å²) in [6, 6.07) is 7.52. The highest BCUT2D eigenvalue weighted by Gasteiger charge is 2.17. The summed E-state index contributed by atoms with van der Waals surface area (Å²) in [6.45, 7) is 2.55. The molecular weight excluding hydrogens is 334 g/mol. The molecule has 0 saturated carbocycles. The van der Waals surface area contributed by atoms with Gasteiger partial charge in [-0.05, 0) is 30.5 Å². The molecule has 1 fully saturated rings. The van der Waals surface area contributed by atoms with Crippen molar-refractivity contribution in [1.82, 2.24) is 15.5 Å². The minimum Gasteiger partial charge on any atom is -0.343 e. The molecule has 1 aromatic rings. The van der Waals surface area contributed by atoms with Crippen molar-refractivity contribution in [2.24, 2.45) is 0 Å². The van der Waals surface area contributed by atoms with Gasteiger partial charge in [-0.15, -0.1) is 0 Å². The summed E-state index contributed by atoms with van der Waals surface area (Å²) in [5, 5.41) is 5.49. The number of carbonyl (C=O) groups is 2. The van der Waals surface area contributed by atoms with Crippen molar-refractivity contribution in [3.8, 4) is 0 Å². The van der Waals surface area contributed by atoms with Crippen molar-refractivity contribution in [3.05, 3.63) is 34.3 Å². The number of carbonyl (C=O) groups excluding carboxylic acids is 2.